The molecule has 0 radical (unpaired) electrons. The second kappa shape index (κ2) is 8.45. The lowest BCUT2D eigenvalue weighted by Crippen LogP contribution is -2.49. The number of rotatable bonds is 8. The molecule has 0 bridgehead atoms. The maximum Gasteiger partial charge on any atom is 0.220 e. The molecule has 0 aliphatic carbocycles. The molecular formula is C17H26N2O3S. The molecule has 1 aliphatic heterocycles. The number of nitrogens with two attached hydrogens (primary N) is 1. The molecule has 0 aromatic heterocycles. The summed E-state index contributed by atoms with van der Waals surface area (Å²) in [6, 6.07) is 5.88. The van der Waals surface area contributed by atoms with Gasteiger partial charge < -0.3 is 20.5 Å². The molecule has 0 atom stereocenters. The first-order valence-corrected chi connectivity index (χ1v) is 9.13. The van der Waals surface area contributed by atoms with Crippen LogP contribution in [-0.4, -0.2) is 37.0 Å². The van der Waals surface area contributed by atoms with Crippen LogP contribution in [0.4, 0.5) is 0 Å². The van der Waals surface area contributed by atoms with Gasteiger partial charge in [-0.3, -0.25) is 4.79 Å². The fourth-order valence-corrected chi connectivity index (χ4v) is 3.12. The minimum absolute atomic E-state index is 0.0479. The first-order valence-electron chi connectivity index (χ1n) is 8.14. The van der Waals surface area contributed by atoms with Gasteiger partial charge in [-0.05, 0) is 31.0 Å². The molecule has 23 heavy (non-hydrogen) atoms. The van der Waals surface area contributed by atoms with Crippen LogP contribution in [0.3, 0.4) is 0 Å². The molecule has 6 heteroatoms. The van der Waals surface area contributed by atoms with Crippen molar-refractivity contribution in [3.63, 3.8) is 0 Å². The number of thioether (sulfide) groups is 1. The standard InChI is InChI=1S/C17H26N2O3S/c1-3-17(18,4-2)12-19-16(20)7-10-23-13-5-6-14-15(11-13)22-9-8-21-14/h5-6,11H,3-4,7-10,12,18H2,1-2H3,(H,19,20). The lowest BCUT2D eigenvalue weighted by molar-refractivity contribution is -0.120. The van der Waals surface area contributed by atoms with Gasteiger partial charge in [0.25, 0.3) is 0 Å². The number of fused-ring (bicyclic) bond motifs is 1. The molecule has 0 fully saturated rings. The summed E-state index contributed by atoms with van der Waals surface area (Å²) in [6.07, 6.45) is 2.19. The monoisotopic (exact) mass is 338 g/mol. The number of amides is 1. The van der Waals surface area contributed by atoms with Gasteiger partial charge in [-0.15, -0.1) is 11.8 Å². The van der Waals surface area contributed by atoms with Crippen molar-refractivity contribution in [1.82, 2.24) is 5.32 Å². The molecule has 1 amide bonds. The van der Waals surface area contributed by atoms with Crippen LogP contribution < -0.4 is 20.5 Å². The van der Waals surface area contributed by atoms with E-state index < -0.39 is 0 Å². The highest BCUT2D eigenvalue weighted by Gasteiger charge is 2.20. The lowest BCUT2D eigenvalue weighted by atomic mass is 9.94. The predicted molar refractivity (Wildman–Crippen MR) is 93.3 cm³/mol. The minimum atomic E-state index is -0.293. The van der Waals surface area contributed by atoms with Gasteiger partial charge in [0.2, 0.25) is 5.91 Å². The molecule has 0 saturated heterocycles. The van der Waals surface area contributed by atoms with Gasteiger partial charge >= 0.3 is 0 Å². The highest BCUT2D eigenvalue weighted by atomic mass is 32.2. The Morgan fingerprint density at radius 1 is 1.26 bits per heavy atom. The van der Waals surface area contributed by atoms with Crippen molar-refractivity contribution in [3.8, 4) is 11.5 Å². The van der Waals surface area contributed by atoms with Gasteiger partial charge in [0.15, 0.2) is 11.5 Å². The quantitative estimate of drug-likeness (QED) is 0.713. The van der Waals surface area contributed by atoms with E-state index in [0.717, 1.165) is 35.0 Å². The number of carbonyl (C=O) groups excluding carboxylic acids is 1. The molecular weight excluding hydrogens is 312 g/mol. The third kappa shape index (κ3) is 5.32. The molecule has 128 valence electrons. The topological polar surface area (TPSA) is 73.6 Å². The molecule has 2 rings (SSSR count). The van der Waals surface area contributed by atoms with E-state index >= 15 is 0 Å². The van der Waals surface area contributed by atoms with Crippen LogP contribution >= 0.6 is 11.8 Å². The fourth-order valence-electron chi connectivity index (χ4n) is 2.24. The van der Waals surface area contributed by atoms with E-state index in [2.05, 4.69) is 5.32 Å². The van der Waals surface area contributed by atoms with Crippen LogP contribution in [-0.2, 0) is 4.79 Å². The number of nitrogens with one attached hydrogen (secondary N) is 1. The van der Waals surface area contributed by atoms with E-state index in [4.69, 9.17) is 15.2 Å². The number of carbonyl (C=O) groups is 1. The largest absolute Gasteiger partial charge is 0.486 e. The second-order valence-electron chi connectivity index (χ2n) is 5.75. The summed E-state index contributed by atoms with van der Waals surface area (Å²) >= 11 is 1.64. The van der Waals surface area contributed by atoms with Crippen molar-refractivity contribution < 1.29 is 14.3 Å². The van der Waals surface area contributed by atoms with Crippen LogP contribution in [0, 0.1) is 0 Å². The van der Waals surface area contributed by atoms with E-state index in [1.54, 1.807) is 11.8 Å². The second-order valence-corrected chi connectivity index (χ2v) is 6.92. The summed E-state index contributed by atoms with van der Waals surface area (Å²) in [7, 11) is 0. The molecule has 3 N–H and O–H groups in total. The average Bonchev–Trinajstić information content (AvgIpc) is 2.59. The molecule has 0 saturated carbocycles. The normalized spacial score (nSPS) is 13.7. The first-order chi connectivity index (χ1) is 11.1. The number of hydrogen-bond acceptors (Lipinski definition) is 5. The Balaban J connectivity index is 1.73. The smallest absolute Gasteiger partial charge is 0.220 e. The van der Waals surface area contributed by atoms with Gasteiger partial charge in [-0.1, -0.05) is 13.8 Å². The summed E-state index contributed by atoms with van der Waals surface area (Å²) in [6.45, 7) is 5.81. The Hall–Kier alpha value is -1.40. The molecule has 0 spiro atoms. The third-order valence-corrected chi connectivity index (χ3v) is 5.15. The average molecular weight is 338 g/mol. The van der Waals surface area contributed by atoms with Crippen molar-refractivity contribution in [3.05, 3.63) is 18.2 Å². The maximum atomic E-state index is 11.9. The molecule has 1 aromatic rings. The van der Waals surface area contributed by atoms with Crippen LogP contribution in [0.25, 0.3) is 0 Å². The summed E-state index contributed by atoms with van der Waals surface area (Å²) < 4.78 is 11.1. The fraction of sp³-hybridized carbons (Fsp3) is 0.588. The van der Waals surface area contributed by atoms with Crippen molar-refractivity contribution in [1.29, 1.82) is 0 Å². The zero-order valence-corrected chi connectivity index (χ0v) is 14.7. The first kappa shape index (κ1) is 17.9. The van der Waals surface area contributed by atoms with Gasteiger partial charge in [-0.25, -0.2) is 0 Å². The molecule has 0 unspecified atom stereocenters. The number of ether oxygens (including phenoxy) is 2. The molecule has 1 aliphatic rings. The van der Waals surface area contributed by atoms with Gasteiger partial charge in [-0.2, -0.15) is 0 Å². The highest BCUT2D eigenvalue weighted by Crippen LogP contribution is 2.34. The molecule has 1 aromatic carbocycles. The predicted octanol–water partition coefficient (Wildman–Crippen LogP) is 2.57. The number of benzene rings is 1. The van der Waals surface area contributed by atoms with Crippen molar-refractivity contribution in [2.24, 2.45) is 5.73 Å². The van der Waals surface area contributed by atoms with Crippen molar-refractivity contribution >= 4 is 17.7 Å². The van der Waals surface area contributed by atoms with E-state index in [0.29, 0.717) is 26.2 Å². The van der Waals surface area contributed by atoms with E-state index in [1.807, 2.05) is 32.0 Å². The lowest BCUT2D eigenvalue weighted by Gasteiger charge is -2.26. The van der Waals surface area contributed by atoms with Crippen LogP contribution in [0.2, 0.25) is 0 Å². The van der Waals surface area contributed by atoms with Crippen LogP contribution in [0.5, 0.6) is 11.5 Å². The zero-order valence-electron chi connectivity index (χ0n) is 13.9. The Bertz CT molecular complexity index is 533. The van der Waals surface area contributed by atoms with E-state index in [9.17, 15) is 4.79 Å². The third-order valence-electron chi connectivity index (χ3n) is 4.16. The Morgan fingerprint density at radius 3 is 2.65 bits per heavy atom. The molecule has 1 heterocycles. The number of hydrogen-bond donors (Lipinski definition) is 2. The summed E-state index contributed by atoms with van der Waals surface area (Å²) in [5.74, 6) is 2.34. The van der Waals surface area contributed by atoms with Gasteiger partial charge in [0.05, 0.1) is 0 Å². The Kier molecular flexibility index (Phi) is 6.59. The van der Waals surface area contributed by atoms with Gasteiger partial charge in [0.1, 0.15) is 13.2 Å². The van der Waals surface area contributed by atoms with E-state index in [1.165, 1.54) is 0 Å². The zero-order chi connectivity index (χ0) is 16.7. The SMILES string of the molecule is CCC(N)(CC)CNC(=O)CCSc1ccc2c(c1)OCCO2. The van der Waals surface area contributed by atoms with Crippen LogP contribution in [0.15, 0.2) is 23.1 Å². The van der Waals surface area contributed by atoms with Crippen LogP contribution in [0.1, 0.15) is 33.1 Å². The maximum absolute atomic E-state index is 11.9. The van der Waals surface area contributed by atoms with E-state index in [-0.39, 0.29) is 11.4 Å². The highest BCUT2D eigenvalue weighted by molar-refractivity contribution is 7.99. The van der Waals surface area contributed by atoms with Crippen molar-refractivity contribution in [2.45, 2.75) is 43.5 Å². The molecule has 5 nitrogen and oxygen atoms in total. The van der Waals surface area contributed by atoms with Crippen molar-refractivity contribution in [2.75, 3.05) is 25.5 Å². The summed E-state index contributed by atoms with van der Waals surface area (Å²) in [5.41, 5.74) is 5.89. The van der Waals surface area contributed by atoms with Gasteiger partial charge in [0, 0.05) is 29.2 Å². The minimum Gasteiger partial charge on any atom is -0.486 e. The summed E-state index contributed by atoms with van der Waals surface area (Å²) in [4.78, 5) is 13.0. The Labute approximate surface area is 142 Å². The summed E-state index contributed by atoms with van der Waals surface area (Å²) in [5, 5.41) is 2.94. The Morgan fingerprint density at radius 2 is 1.96 bits per heavy atom.